The summed E-state index contributed by atoms with van der Waals surface area (Å²) in [7, 11) is 0. The van der Waals surface area contributed by atoms with E-state index in [0.29, 0.717) is 23.5 Å². The van der Waals surface area contributed by atoms with Gasteiger partial charge in [-0.25, -0.2) is 8.78 Å². The van der Waals surface area contributed by atoms with Crippen molar-refractivity contribution >= 4 is 23.7 Å². The summed E-state index contributed by atoms with van der Waals surface area (Å²) in [5.74, 6) is -1.50. The van der Waals surface area contributed by atoms with Crippen molar-refractivity contribution in [1.29, 1.82) is 0 Å². The highest BCUT2D eigenvalue weighted by molar-refractivity contribution is 6.13. The molecule has 0 heterocycles. The minimum Gasteiger partial charge on any atom is -0.294 e. The van der Waals surface area contributed by atoms with E-state index in [-0.39, 0.29) is 23.2 Å². The van der Waals surface area contributed by atoms with E-state index in [9.17, 15) is 18.4 Å². The Balaban J connectivity index is 1.71. The molecule has 1 fully saturated rings. The minimum atomic E-state index is -0.723. The van der Waals surface area contributed by atoms with Gasteiger partial charge in [0.15, 0.2) is 11.6 Å². The molecule has 0 unspecified atom stereocenters. The largest absolute Gasteiger partial charge is 0.294 e. The van der Waals surface area contributed by atoms with Gasteiger partial charge in [-0.1, -0.05) is 55.7 Å². The molecule has 0 N–H and O–H groups in total. The summed E-state index contributed by atoms with van der Waals surface area (Å²) in [5.41, 5.74) is 1.40. The standard InChI is InChI=1S/C24H22F2O2/c25-20-10-4-17(5-11-20)8-14-23(27)22(16-19-2-1-3-19)24(28)15-9-18-6-12-21(26)13-7-18/h4-15,19,22H,1-3,16H2. The van der Waals surface area contributed by atoms with Crippen LogP contribution in [0.4, 0.5) is 8.78 Å². The molecule has 2 aromatic carbocycles. The number of ketones is 2. The van der Waals surface area contributed by atoms with Crippen molar-refractivity contribution in [3.63, 3.8) is 0 Å². The van der Waals surface area contributed by atoms with Crippen LogP contribution in [0.3, 0.4) is 0 Å². The Morgan fingerprint density at radius 3 is 1.61 bits per heavy atom. The smallest absolute Gasteiger partial charge is 0.166 e. The van der Waals surface area contributed by atoms with Crippen LogP contribution in [0.1, 0.15) is 36.8 Å². The summed E-state index contributed by atoms with van der Waals surface area (Å²) >= 11 is 0. The van der Waals surface area contributed by atoms with Gasteiger partial charge in [0, 0.05) is 0 Å². The Morgan fingerprint density at radius 1 is 0.821 bits per heavy atom. The number of hydrogen-bond donors (Lipinski definition) is 0. The number of halogens is 2. The quantitative estimate of drug-likeness (QED) is 0.439. The van der Waals surface area contributed by atoms with E-state index in [1.165, 1.54) is 36.4 Å². The average molecular weight is 380 g/mol. The fourth-order valence-corrected chi connectivity index (χ4v) is 3.17. The first-order valence-corrected chi connectivity index (χ1v) is 9.46. The highest BCUT2D eigenvalue weighted by Crippen LogP contribution is 2.33. The summed E-state index contributed by atoms with van der Waals surface area (Å²) in [5, 5.41) is 0. The molecule has 0 saturated heterocycles. The zero-order valence-corrected chi connectivity index (χ0v) is 15.5. The number of benzene rings is 2. The third-order valence-corrected chi connectivity index (χ3v) is 5.10. The van der Waals surface area contributed by atoms with Gasteiger partial charge in [0.1, 0.15) is 11.6 Å². The predicted molar refractivity (Wildman–Crippen MR) is 106 cm³/mol. The Hall–Kier alpha value is -2.88. The number of carbonyl (C=O) groups excluding carboxylic acids is 2. The van der Waals surface area contributed by atoms with E-state index in [0.717, 1.165) is 19.3 Å². The molecule has 144 valence electrons. The van der Waals surface area contributed by atoms with Crippen LogP contribution in [0.2, 0.25) is 0 Å². The fourth-order valence-electron chi connectivity index (χ4n) is 3.17. The maximum absolute atomic E-state index is 13.0. The fraction of sp³-hybridized carbons (Fsp3) is 0.250. The van der Waals surface area contributed by atoms with Crippen LogP contribution in [0.25, 0.3) is 12.2 Å². The molecule has 0 amide bonds. The Labute approximate surface area is 163 Å². The van der Waals surface area contributed by atoms with Gasteiger partial charge in [0.2, 0.25) is 0 Å². The van der Waals surface area contributed by atoms with Crippen molar-refractivity contribution in [1.82, 2.24) is 0 Å². The lowest BCUT2D eigenvalue weighted by Crippen LogP contribution is -2.26. The summed E-state index contributed by atoms with van der Waals surface area (Å²) < 4.78 is 26.0. The lowest BCUT2D eigenvalue weighted by atomic mass is 9.76. The third kappa shape index (κ3) is 5.56. The lowest BCUT2D eigenvalue weighted by Gasteiger charge is -2.27. The van der Waals surface area contributed by atoms with E-state index >= 15 is 0 Å². The molecule has 2 aromatic rings. The average Bonchev–Trinajstić information content (AvgIpc) is 2.66. The van der Waals surface area contributed by atoms with E-state index in [1.54, 1.807) is 36.4 Å². The highest BCUT2D eigenvalue weighted by Gasteiger charge is 2.29. The molecule has 0 bridgehead atoms. The van der Waals surface area contributed by atoms with Crippen molar-refractivity contribution in [2.75, 3.05) is 0 Å². The topological polar surface area (TPSA) is 34.1 Å². The number of carbonyl (C=O) groups is 2. The monoisotopic (exact) mass is 380 g/mol. The van der Waals surface area contributed by atoms with E-state index in [1.807, 2.05) is 0 Å². The summed E-state index contributed by atoms with van der Waals surface area (Å²) in [4.78, 5) is 25.4. The van der Waals surface area contributed by atoms with Gasteiger partial charge < -0.3 is 0 Å². The highest BCUT2D eigenvalue weighted by atomic mass is 19.1. The maximum atomic E-state index is 13.0. The van der Waals surface area contributed by atoms with Gasteiger partial charge in [-0.15, -0.1) is 0 Å². The van der Waals surface area contributed by atoms with Gasteiger partial charge in [0.25, 0.3) is 0 Å². The Bertz CT molecular complexity index is 808. The maximum Gasteiger partial charge on any atom is 0.166 e. The second kappa shape index (κ2) is 9.36. The van der Waals surface area contributed by atoms with Gasteiger partial charge in [-0.2, -0.15) is 0 Å². The second-order valence-corrected chi connectivity index (χ2v) is 7.16. The van der Waals surface area contributed by atoms with Crippen molar-refractivity contribution in [3.8, 4) is 0 Å². The van der Waals surface area contributed by atoms with Crippen LogP contribution in [-0.2, 0) is 9.59 Å². The number of rotatable bonds is 8. The molecule has 0 radical (unpaired) electrons. The molecule has 0 atom stereocenters. The SMILES string of the molecule is O=C(C=Cc1ccc(F)cc1)C(CC1CCC1)C(=O)C=Cc1ccc(F)cc1. The van der Waals surface area contributed by atoms with Crippen molar-refractivity contribution in [2.24, 2.45) is 11.8 Å². The van der Waals surface area contributed by atoms with Crippen molar-refractivity contribution in [3.05, 3.63) is 83.4 Å². The molecule has 1 aliphatic carbocycles. The summed E-state index contributed by atoms with van der Waals surface area (Å²) in [6, 6.07) is 11.6. The summed E-state index contributed by atoms with van der Waals surface area (Å²) in [6.45, 7) is 0. The molecular formula is C24H22F2O2. The van der Waals surface area contributed by atoms with Crippen molar-refractivity contribution in [2.45, 2.75) is 25.7 Å². The number of hydrogen-bond acceptors (Lipinski definition) is 2. The normalized spacial score (nSPS) is 15.6. The van der Waals surface area contributed by atoms with E-state index in [4.69, 9.17) is 0 Å². The molecule has 0 aromatic heterocycles. The molecule has 0 spiro atoms. The first-order chi connectivity index (χ1) is 13.5. The van der Waals surface area contributed by atoms with Gasteiger partial charge in [-0.05, 0) is 59.9 Å². The Kier molecular flexibility index (Phi) is 6.64. The predicted octanol–water partition coefficient (Wildman–Crippen LogP) is 5.64. The molecule has 2 nitrogen and oxygen atoms in total. The molecular weight excluding hydrogens is 358 g/mol. The summed E-state index contributed by atoms with van der Waals surface area (Å²) in [6.07, 6.45) is 9.77. The van der Waals surface area contributed by atoms with Crippen LogP contribution in [0, 0.1) is 23.5 Å². The van der Waals surface area contributed by atoms with E-state index < -0.39 is 5.92 Å². The minimum absolute atomic E-state index is 0.245. The second-order valence-electron chi connectivity index (χ2n) is 7.16. The van der Waals surface area contributed by atoms with Gasteiger partial charge >= 0.3 is 0 Å². The zero-order chi connectivity index (χ0) is 19.9. The zero-order valence-electron chi connectivity index (χ0n) is 15.5. The van der Waals surface area contributed by atoms with Crippen molar-refractivity contribution < 1.29 is 18.4 Å². The molecule has 1 aliphatic rings. The molecule has 1 saturated carbocycles. The van der Waals surface area contributed by atoms with Crippen LogP contribution < -0.4 is 0 Å². The van der Waals surface area contributed by atoms with Crippen LogP contribution in [0.5, 0.6) is 0 Å². The number of allylic oxidation sites excluding steroid dienone is 2. The van der Waals surface area contributed by atoms with Gasteiger partial charge in [-0.3, -0.25) is 9.59 Å². The first-order valence-electron chi connectivity index (χ1n) is 9.46. The van der Waals surface area contributed by atoms with Crippen LogP contribution >= 0.6 is 0 Å². The lowest BCUT2D eigenvalue weighted by molar-refractivity contribution is -0.128. The third-order valence-electron chi connectivity index (χ3n) is 5.10. The van der Waals surface area contributed by atoms with E-state index in [2.05, 4.69) is 0 Å². The van der Waals surface area contributed by atoms with Gasteiger partial charge in [0.05, 0.1) is 5.92 Å². The molecule has 3 rings (SSSR count). The molecule has 0 aliphatic heterocycles. The Morgan fingerprint density at radius 2 is 1.25 bits per heavy atom. The van der Waals surface area contributed by atoms with Crippen LogP contribution in [-0.4, -0.2) is 11.6 Å². The molecule has 28 heavy (non-hydrogen) atoms. The van der Waals surface area contributed by atoms with Crippen LogP contribution in [0.15, 0.2) is 60.7 Å². The first kappa shape index (κ1) is 19.9. The molecule has 4 heteroatoms.